The monoisotopic (exact) mass is 402 g/mol. The Balaban J connectivity index is 1.42. The predicted octanol–water partition coefficient (Wildman–Crippen LogP) is 2.77. The molecule has 7 nitrogen and oxygen atoms in total. The second kappa shape index (κ2) is 7.32. The number of carbonyl (C=O) groups is 2. The van der Waals surface area contributed by atoms with Crippen molar-refractivity contribution in [2.24, 2.45) is 4.99 Å². The number of aromatic nitrogens is 1. The highest BCUT2D eigenvalue weighted by Gasteiger charge is 2.40. The maximum atomic E-state index is 12.4. The van der Waals surface area contributed by atoms with Gasteiger partial charge in [-0.1, -0.05) is 11.8 Å². The summed E-state index contributed by atoms with van der Waals surface area (Å²) in [7, 11) is 1.63. The normalized spacial score (nSPS) is 18.4. The molecule has 3 heterocycles. The zero-order valence-electron chi connectivity index (χ0n) is 14.9. The smallest absolute Gasteiger partial charge is 0.242 e. The quantitative estimate of drug-likeness (QED) is 0.831. The molecule has 27 heavy (non-hydrogen) atoms. The molecule has 2 aliphatic heterocycles. The Kier molecular flexibility index (Phi) is 4.88. The number of ether oxygens (including phenoxy) is 1. The molecular weight excluding hydrogens is 384 g/mol. The fourth-order valence-corrected chi connectivity index (χ4v) is 5.06. The van der Waals surface area contributed by atoms with Gasteiger partial charge in [-0.3, -0.25) is 19.5 Å². The summed E-state index contributed by atoms with van der Waals surface area (Å²) < 4.78 is 5.18. The van der Waals surface area contributed by atoms with Crippen LogP contribution in [0.2, 0.25) is 0 Å². The third kappa shape index (κ3) is 3.57. The number of hydrogen-bond donors (Lipinski definition) is 1. The molecule has 140 valence electrons. The molecule has 4 rings (SSSR count). The minimum atomic E-state index is -0.397. The van der Waals surface area contributed by atoms with Gasteiger partial charge < -0.3 is 10.1 Å². The lowest BCUT2D eigenvalue weighted by Gasteiger charge is -2.09. The number of benzene rings is 1. The van der Waals surface area contributed by atoms with E-state index in [4.69, 9.17) is 4.74 Å². The van der Waals surface area contributed by atoms with Crippen LogP contribution in [0.15, 0.2) is 29.3 Å². The van der Waals surface area contributed by atoms with E-state index in [-0.39, 0.29) is 18.2 Å². The van der Waals surface area contributed by atoms with Crippen molar-refractivity contribution in [2.45, 2.75) is 18.6 Å². The topological polar surface area (TPSA) is 83.9 Å². The van der Waals surface area contributed by atoms with E-state index in [2.05, 4.69) is 15.3 Å². The summed E-state index contributed by atoms with van der Waals surface area (Å²) in [5, 5.41) is 3.71. The van der Waals surface area contributed by atoms with Gasteiger partial charge in [-0.2, -0.15) is 0 Å². The van der Waals surface area contributed by atoms with Gasteiger partial charge in [0.15, 0.2) is 10.3 Å². The number of aryl methyl sites for hydroxylation is 1. The first kappa shape index (κ1) is 18.0. The van der Waals surface area contributed by atoms with Crippen molar-refractivity contribution in [3.8, 4) is 17.0 Å². The molecule has 0 unspecified atom stereocenters. The molecule has 1 atom stereocenters. The van der Waals surface area contributed by atoms with Crippen molar-refractivity contribution in [3.05, 3.63) is 29.1 Å². The predicted molar refractivity (Wildman–Crippen MR) is 107 cm³/mol. The SMILES string of the molecule is COc1ccc(-c2nc(NC(=O)C[C@H]3SC4=NCCN4C3=O)sc2C)cc1. The molecule has 0 saturated carbocycles. The first-order valence-corrected chi connectivity index (χ1v) is 10.2. The van der Waals surface area contributed by atoms with Crippen molar-refractivity contribution < 1.29 is 14.3 Å². The number of carbonyl (C=O) groups excluding carboxylic acids is 2. The summed E-state index contributed by atoms with van der Waals surface area (Å²) in [6, 6.07) is 7.64. The van der Waals surface area contributed by atoms with E-state index in [1.54, 1.807) is 12.0 Å². The van der Waals surface area contributed by atoms with E-state index in [0.717, 1.165) is 27.1 Å². The van der Waals surface area contributed by atoms with Crippen molar-refractivity contribution in [3.63, 3.8) is 0 Å². The maximum Gasteiger partial charge on any atom is 0.242 e. The van der Waals surface area contributed by atoms with Gasteiger partial charge in [0, 0.05) is 23.4 Å². The Morgan fingerprint density at radius 2 is 2.15 bits per heavy atom. The third-order valence-electron chi connectivity index (χ3n) is 4.37. The Labute approximate surface area is 164 Å². The van der Waals surface area contributed by atoms with Gasteiger partial charge in [0.25, 0.3) is 0 Å². The Bertz CT molecular complexity index is 923. The van der Waals surface area contributed by atoms with Crippen LogP contribution in [0.4, 0.5) is 5.13 Å². The van der Waals surface area contributed by atoms with Crippen LogP contribution in [-0.4, -0.2) is 52.3 Å². The molecule has 1 aromatic carbocycles. The van der Waals surface area contributed by atoms with Crippen LogP contribution < -0.4 is 10.1 Å². The van der Waals surface area contributed by atoms with Gasteiger partial charge >= 0.3 is 0 Å². The highest BCUT2D eigenvalue weighted by atomic mass is 32.2. The van der Waals surface area contributed by atoms with Crippen molar-refractivity contribution in [1.82, 2.24) is 9.88 Å². The number of amidine groups is 1. The van der Waals surface area contributed by atoms with E-state index < -0.39 is 5.25 Å². The lowest BCUT2D eigenvalue weighted by molar-refractivity contribution is -0.127. The van der Waals surface area contributed by atoms with Crippen LogP contribution in [0.1, 0.15) is 11.3 Å². The number of methoxy groups -OCH3 is 1. The number of fused-ring (bicyclic) bond motifs is 1. The lowest BCUT2D eigenvalue weighted by atomic mass is 10.1. The maximum absolute atomic E-state index is 12.4. The minimum Gasteiger partial charge on any atom is -0.497 e. The molecule has 0 radical (unpaired) electrons. The standard InChI is InChI=1S/C18H18N4O3S2/c1-10-15(11-3-5-12(25-2)6-4-11)21-17(26-10)20-14(23)9-13-16(24)22-8-7-19-18(22)27-13/h3-6,13H,7-9H2,1-2H3,(H,20,21,23)/t13-/m1/s1. The Morgan fingerprint density at radius 1 is 1.37 bits per heavy atom. The Morgan fingerprint density at radius 3 is 2.85 bits per heavy atom. The molecule has 1 aromatic heterocycles. The summed E-state index contributed by atoms with van der Waals surface area (Å²) >= 11 is 2.80. The zero-order valence-corrected chi connectivity index (χ0v) is 16.5. The molecule has 1 N–H and O–H groups in total. The lowest BCUT2D eigenvalue weighted by Crippen LogP contribution is -2.32. The second-order valence-corrected chi connectivity index (χ2v) is 8.54. The number of nitrogens with zero attached hydrogens (tertiary/aromatic N) is 3. The molecule has 2 amide bonds. The molecule has 9 heteroatoms. The van der Waals surface area contributed by atoms with Crippen LogP contribution in [0.3, 0.4) is 0 Å². The van der Waals surface area contributed by atoms with E-state index in [1.165, 1.54) is 23.1 Å². The van der Waals surface area contributed by atoms with Crippen LogP contribution in [0.25, 0.3) is 11.3 Å². The number of thiazole rings is 1. The van der Waals surface area contributed by atoms with Gasteiger partial charge in [-0.05, 0) is 31.2 Å². The van der Waals surface area contributed by atoms with Gasteiger partial charge in [-0.15, -0.1) is 11.3 Å². The molecule has 2 aliphatic rings. The number of amides is 2. The van der Waals surface area contributed by atoms with Crippen molar-refractivity contribution in [2.75, 3.05) is 25.5 Å². The molecule has 0 aliphatic carbocycles. The second-order valence-electron chi connectivity index (χ2n) is 6.17. The average Bonchev–Trinajstić information content (AvgIpc) is 3.33. The molecule has 2 aromatic rings. The van der Waals surface area contributed by atoms with Gasteiger partial charge in [-0.25, -0.2) is 4.98 Å². The van der Waals surface area contributed by atoms with E-state index in [1.807, 2.05) is 31.2 Å². The van der Waals surface area contributed by atoms with Crippen LogP contribution >= 0.6 is 23.1 Å². The molecular formula is C18H18N4O3S2. The largest absolute Gasteiger partial charge is 0.497 e. The Hall–Kier alpha value is -2.39. The number of anilines is 1. The highest BCUT2D eigenvalue weighted by Crippen LogP contribution is 2.33. The van der Waals surface area contributed by atoms with Gasteiger partial charge in [0.05, 0.1) is 19.3 Å². The molecule has 0 bridgehead atoms. The van der Waals surface area contributed by atoms with E-state index in [9.17, 15) is 9.59 Å². The van der Waals surface area contributed by atoms with Crippen LogP contribution in [-0.2, 0) is 9.59 Å². The number of hydrogen-bond acceptors (Lipinski definition) is 7. The minimum absolute atomic E-state index is 0.0272. The molecule has 1 fully saturated rings. The van der Waals surface area contributed by atoms with E-state index in [0.29, 0.717) is 18.2 Å². The summed E-state index contributed by atoms with van der Waals surface area (Å²) in [6.45, 7) is 3.24. The highest BCUT2D eigenvalue weighted by molar-refractivity contribution is 8.15. The van der Waals surface area contributed by atoms with Crippen LogP contribution in [0, 0.1) is 6.92 Å². The fraction of sp³-hybridized carbons (Fsp3) is 0.333. The number of thioether (sulfide) groups is 1. The van der Waals surface area contributed by atoms with Gasteiger partial charge in [0.1, 0.15) is 11.0 Å². The fourth-order valence-electron chi connectivity index (χ4n) is 3.02. The van der Waals surface area contributed by atoms with E-state index >= 15 is 0 Å². The van der Waals surface area contributed by atoms with Crippen LogP contribution in [0.5, 0.6) is 5.75 Å². The third-order valence-corrected chi connectivity index (χ3v) is 6.47. The summed E-state index contributed by atoms with van der Waals surface area (Å²) in [5.41, 5.74) is 1.80. The molecule has 1 saturated heterocycles. The van der Waals surface area contributed by atoms with Crippen molar-refractivity contribution in [1.29, 1.82) is 0 Å². The first-order chi connectivity index (χ1) is 13.0. The average molecular weight is 403 g/mol. The summed E-state index contributed by atoms with van der Waals surface area (Å²) in [4.78, 5) is 36.2. The van der Waals surface area contributed by atoms with Gasteiger partial charge in [0.2, 0.25) is 11.8 Å². The summed E-state index contributed by atoms with van der Waals surface area (Å²) in [6.07, 6.45) is 0.121. The summed E-state index contributed by atoms with van der Waals surface area (Å²) in [5.74, 6) is 0.544. The zero-order chi connectivity index (χ0) is 19.0. The first-order valence-electron chi connectivity index (χ1n) is 8.49. The number of aliphatic imine (C=N–C) groups is 1. The number of nitrogens with one attached hydrogen (secondary N) is 1. The number of rotatable bonds is 5. The van der Waals surface area contributed by atoms with Crippen molar-refractivity contribution >= 4 is 45.2 Å². The molecule has 0 spiro atoms.